The van der Waals surface area contributed by atoms with E-state index in [1.165, 1.54) is 25.7 Å². The first kappa shape index (κ1) is 12.2. The maximum absolute atomic E-state index is 5.76. The third-order valence-electron chi connectivity index (χ3n) is 4.92. The molecule has 3 rings (SSSR count). The number of nitrogens with one attached hydrogen (secondary N) is 1. The molecular weight excluding hydrogens is 226 g/mol. The minimum Gasteiger partial charge on any atom is -0.469 e. The number of furan rings is 1. The lowest BCUT2D eigenvalue weighted by Crippen LogP contribution is -2.49. The second-order valence-electron chi connectivity index (χ2n) is 5.84. The third-order valence-corrected chi connectivity index (χ3v) is 4.92. The Kier molecular flexibility index (Phi) is 3.41. The molecule has 2 fully saturated rings. The van der Waals surface area contributed by atoms with Gasteiger partial charge in [0.25, 0.3) is 0 Å². The van der Waals surface area contributed by atoms with Gasteiger partial charge in [0.2, 0.25) is 0 Å². The molecule has 1 aromatic heterocycles. The number of hydrazine groups is 1. The van der Waals surface area contributed by atoms with Gasteiger partial charge >= 0.3 is 0 Å². The van der Waals surface area contributed by atoms with Crippen molar-refractivity contribution in [2.24, 2.45) is 11.8 Å². The number of hydrogen-bond donors (Lipinski definition) is 2. The lowest BCUT2D eigenvalue weighted by Gasteiger charge is -2.39. The molecule has 2 bridgehead atoms. The Hall–Kier alpha value is -0.840. The summed E-state index contributed by atoms with van der Waals surface area (Å²) < 4.78 is 5.44. The highest BCUT2D eigenvalue weighted by atomic mass is 16.3. The highest BCUT2D eigenvalue weighted by molar-refractivity contribution is 5.03. The van der Waals surface area contributed by atoms with Gasteiger partial charge in [0.1, 0.15) is 5.76 Å². The van der Waals surface area contributed by atoms with Crippen LogP contribution < -0.4 is 11.3 Å². The Morgan fingerprint density at radius 2 is 2.17 bits per heavy atom. The van der Waals surface area contributed by atoms with Crippen LogP contribution in [0, 0.1) is 5.92 Å². The monoisotopic (exact) mass is 249 g/mol. The average Bonchev–Trinajstić information content (AvgIpc) is 2.93. The van der Waals surface area contributed by atoms with E-state index in [9.17, 15) is 0 Å². The van der Waals surface area contributed by atoms with Crippen molar-refractivity contribution in [3.63, 3.8) is 0 Å². The summed E-state index contributed by atoms with van der Waals surface area (Å²) >= 11 is 0. The normalized spacial score (nSPS) is 33.8. The van der Waals surface area contributed by atoms with Crippen LogP contribution in [0.4, 0.5) is 0 Å². The molecule has 0 aliphatic carbocycles. The zero-order chi connectivity index (χ0) is 12.5. The van der Waals surface area contributed by atoms with Gasteiger partial charge in [-0.3, -0.25) is 11.3 Å². The molecule has 0 amide bonds. The molecule has 18 heavy (non-hydrogen) atoms. The second-order valence-corrected chi connectivity index (χ2v) is 5.84. The maximum atomic E-state index is 5.76. The Morgan fingerprint density at radius 3 is 2.72 bits per heavy atom. The molecule has 0 aromatic carbocycles. The van der Waals surface area contributed by atoms with Crippen LogP contribution in [0.1, 0.15) is 31.4 Å². The van der Waals surface area contributed by atoms with E-state index in [4.69, 9.17) is 10.3 Å². The molecule has 0 spiro atoms. The SMILES string of the molecule is CN1C2CCC1CC(C(Cc1ccco1)NN)C2. The molecule has 3 heterocycles. The molecule has 3 atom stereocenters. The predicted octanol–water partition coefficient (Wildman–Crippen LogP) is 1.53. The molecule has 100 valence electrons. The zero-order valence-corrected chi connectivity index (χ0v) is 11.0. The molecule has 3 unspecified atom stereocenters. The van der Waals surface area contributed by atoms with Crippen molar-refractivity contribution < 1.29 is 4.42 Å². The van der Waals surface area contributed by atoms with Gasteiger partial charge in [-0.05, 0) is 50.8 Å². The fourth-order valence-corrected chi connectivity index (χ4v) is 3.79. The summed E-state index contributed by atoms with van der Waals surface area (Å²) in [4.78, 5) is 2.57. The van der Waals surface area contributed by atoms with Crippen LogP contribution in [0.15, 0.2) is 22.8 Å². The number of nitrogens with zero attached hydrogens (tertiary/aromatic N) is 1. The fraction of sp³-hybridized carbons (Fsp3) is 0.714. The summed E-state index contributed by atoms with van der Waals surface area (Å²) in [6, 6.07) is 5.85. The van der Waals surface area contributed by atoms with Crippen LogP contribution in [0.2, 0.25) is 0 Å². The summed E-state index contributed by atoms with van der Waals surface area (Å²) in [5.41, 5.74) is 3.02. The molecule has 2 aliphatic rings. The van der Waals surface area contributed by atoms with Crippen LogP contribution in [-0.4, -0.2) is 30.1 Å². The van der Waals surface area contributed by atoms with Crippen LogP contribution in [0.5, 0.6) is 0 Å². The van der Waals surface area contributed by atoms with Crippen LogP contribution in [-0.2, 0) is 6.42 Å². The van der Waals surface area contributed by atoms with Crippen molar-refractivity contribution in [2.75, 3.05) is 7.05 Å². The lowest BCUT2D eigenvalue weighted by molar-refractivity contribution is 0.111. The maximum Gasteiger partial charge on any atom is 0.105 e. The summed E-state index contributed by atoms with van der Waals surface area (Å²) in [6.07, 6.45) is 7.88. The molecule has 0 radical (unpaired) electrons. The minimum atomic E-state index is 0.341. The first-order valence-corrected chi connectivity index (χ1v) is 6.98. The Balaban J connectivity index is 1.66. The first-order chi connectivity index (χ1) is 8.78. The zero-order valence-electron chi connectivity index (χ0n) is 11.0. The quantitative estimate of drug-likeness (QED) is 0.627. The van der Waals surface area contributed by atoms with E-state index in [-0.39, 0.29) is 0 Å². The van der Waals surface area contributed by atoms with Crippen molar-refractivity contribution in [3.05, 3.63) is 24.2 Å². The van der Waals surface area contributed by atoms with E-state index >= 15 is 0 Å². The summed E-state index contributed by atoms with van der Waals surface area (Å²) in [7, 11) is 2.27. The van der Waals surface area contributed by atoms with Crippen LogP contribution in [0.25, 0.3) is 0 Å². The smallest absolute Gasteiger partial charge is 0.105 e. The van der Waals surface area contributed by atoms with E-state index in [2.05, 4.69) is 17.4 Å². The van der Waals surface area contributed by atoms with E-state index in [1.54, 1.807) is 6.26 Å². The Morgan fingerprint density at radius 1 is 1.44 bits per heavy atom. The van der Waals surface area contributed by atoms with Crippen molar-refractivity contribution in [2.45, 2.75) is 50.2 Å². The van der Waals surface area contributed by atoms with E-state index in [1.807, 2.05) is 12.1 Å². The highest BCUT2D eigenvalue weighted by Crippen LogP contribution is 2.39. The Bertz CT molecular complexity index is 364. The largest absolute Gasteiger partial charge is 0.469 e. The van der Waals surface area contributed by atoms with Crippen molar-refractivity contribution in [3.8, 4) is 0 Å². The first-order valence-electron chi connectivity index (χ1n) is 6.98. The van der Waals surface area contributed by atoms with Gasteiger partial charge in [0, 0.05) is 24.5 Å². The van der Waals surface area contributed by atoms with E-state index in [0.717, 1.165) is 24.3 Å². The van der Waals surface area contributed by atoms with Crippen molar-refractivity contribution >= 4 is 0 Å². The third kappa shape index (κ3) is 2.20. The topological polar surface area (TPSA) is 54.4 Å². The second kappa shape index (κ2) is 5.03. The lowest BCUT2D eigenvalue weighted by atomic mass is 9.83. The van der Waals surface area contributed by atoms with Gasteiger partial charge in [-0.25, -0.2) is 0 Å². The van der Waals surface area contributed by atoms with Gasteiger partial charge in [-0.2, -0.15) is 0 Å². The standard InChI is InChI=1S/C14H23N3O/c1-17-11-4-5-12(17)8-10(7-11)14(16-15)9-13-3-2-6-18-13/h2-3,6,10-12,14,16H,4-5,7-9,15H2,1H3. The number of hydrogen-bond acceptors (Lipinski definition) is 4. The van der Waals surface area contributed by atoms with Gasteiger partial charge < -0.3 is 9.32 Å². The molecular formula is C14H23N3O. The van der Waals surface area contributed by atoms with E-state index < -0.39 is 0 Å². The van der Waals surface area contributed by atoms with Crippen LogP contribution >= 0.6 is 0 Å². The molecule has 3 N–H and O–H groups in total. The van der Waals surface area contributed by atoms with Gasteiger partial charge in [-0.15, -0.1) is 0 Å². The number of rotatable bonds is 4. The molecule has 1 aromatic rings. The van der Waals surface area contributed by atoms with Gasteiger partial charge in [0.05, 0.1) is 6.26 Å². The molecule has 2 aliphatic heterocycles. The summed E-state index contributed by atoms with van der Waals surface area (Å²) in [6.45, 7) is 0. The van der Waals surface area contributed by atoms with Crippen molar-refractivity contribution in [1.29, 1.82) is 0 Å². The number of piperidine rings is 1. The molecule has 4 nitrogen and oxygen atoms in total. The minimum absolute atomic E-state index is 0.341. The molecule has 4 heteroatoms. The van der Waals surface area contributed by atoms with Crippen molar-refractivity contribution in [1.82, 2.24) is 10.3 Å². The Labute approximate surface area is 108 Å². The fourth-order valence-electron chi connectivity index (χ4n) is 3.79. The van der Waals surface area contributed by atoms with Gasteiger partial charge in [-0.1, -0.05) is 0 Å². The average molecular weight is 249 g/mol. The number of nitrogens with two attached hydrogens (primary N) is 1. The highest BCUT2D eigenvalue weighted by Gasteiger charge is 2.40. The van der Waals surface area contributed by atoms with Gasteiger partial charge in [0.15, 0.2) is 0 Å². The summed E-state index contributed by atoms with van der Waals surface area (Å²) in [5.74, 6) is 7.47. The number of fused-ring (bicyclic) bond motifs is 2. The molecule has 0 saturated carbocycles. The molecule has 2 saturated heterocycles. The summed E-state index contributed by atoms with van der Waals surface area (Å²) in [5, 5.41) is 0. The van der Waals surface area contributed by atoms with E-state index in [0.29, 0.717) is 12.0 Å². The van der Waals surface area contributed by atoms with Crippen LogP contribution in [0.3, 0.4) is 0 Å². The predicted molar refractivity (Wildman–Crippen MR) is 70.8 cm³/mol.